The first-order chi connectivity index (χ1) is 10.4. The van der Waals surface area contributed by atoms with Gasteiger partial charge in [0, 0.05) is 22.7 Å². The molecular weight excluding hydrogens is 315 g/mol. The standard InChI is InChI=1S/C19H22N2.Ni/c1-2-3-6-15-19(21-18-13-9-5-10-14-18)16-20-17-11-7-4-8-12-17;/h4-5,7-14,16H,2-3,6,15H2,1H3;/b20-16+,21-19+;. The van der Waals surface area contributed by atoms with E-state index in [4.69, 9.17) is 4.99 Å². The third kappa shape index (κ3) is 6.82. The summed E-state index contributed by atoms with van der Waals surface area (Å²) in [7, 11) is 0. The van der Waals surface area contributed by atoms with Gasteiger partial charge in [0.2, 0.25) is 0 Å². The van der Waals surface area contributed by atoms with E-state index in [1.807, 2.05) is 66.9 Å². The molecule has 0 unspecified atom stereocenters. The Labute approximate surface area is 143 Å². The smallest absolute Gasteiger partial charge is 0.0633 e. The maximum atomic E-state index is 4.71. The largest absolute Gasteiger partial charge is 0.255 e. The Morgan fingerprint density at radius 2 is 1.45 bits per heavy atom. The van der Waals surface area contributed by atoms with Gasteiger partial charge in [-0.05, 0) is 37.1 Å². The monoisotopic (exact) mass is 336 g/mol. The Morgan fingerprint density at radius 3 is 2.05 bits per heavy atom. The summed E-state index contributed by atoms with van der Waals surface area (Å²) in [6.45, 7) is 2.21. The second-order valence-electron chi connectivity index (χ2n) is 4.99. The number of aliphatic imine (C=N–C) groups is 2. The quantitative estimate of drug-likeness (QED) is 0.350. The fourth-order valence-corrected chi connectivity index (χ4v) is 2.04. The summed E-state index contributed by atoms with van der Waals surface area (Å²) in [5.74, 6) is 0. The molecular formula is C19H22N2Ni. The third-order valence-electron chi connectivity index (χ3n) is 3.18. The Bertz CT molecular complexity index is 577. The van der Waals surface area contributed by atoms with Crippen LogP contribution in [0.2, 0.25) is 0 Å². The second-order valence-corrected chi connectivity index (χ2v) is 4.99. The van der Waals surface area contributed by atoms with Crippen molar-refractivity contribution in [2.24, 2.45) is 9.98 Å². The number of para-hydroxylation sites is 2. The molecule has 0 bridgehead atoms. The number of nitrogens with zero attached hydrogens (tertiary/aromatic N) is 2. The number of hydrogen-bond acceptors (Lipinski definition) is 2. The van der Waals surface area contributed by atoms with Gasteiger partial charge in [0.05, 0.1) is 17.1 Å². The van der Waals surface area contributed by atoms with Gasteiger partial charge in [-0.15, -0.1) is 0 Å². The zero-order valence-corrected chi connectivity index (χ0v) is 13.9. The van der Waals surface area contributed by atoms with Crippen LogP contribution >= 0.6 is 0 Å². The van der Waals surface area contributed by atoms with Crippen molar-refractivity contribution in [2.45, 2.75) is 32.6 Å². The molecule has 22 heavy (non-hydrogen) atoms. The van der Waals surface area contributed by atoms with E-state index in [9.17, 15) is 0 Å². The zero-order chi connectivity index (χ0) is 14.8. The summed E-state index contributed by atoms with van der Waals surface area (Å²) in [5.41, 5.74) is 3.00. The molecule has 0 saturated carbocycles. The van der Waals surface area contributed by atoms with Gasteiger partial charge in [-0.2, -0.15) is 0 Å². The van der Waals surface area contributed by atoms with E-state index in [0.29, 0.717) is 0 Å². The Morgan fingerprint density at radius 1 is 0.864 bits per heavy atom. The van der Waals surface area contributed by atoms with Crippen LogP contribution in [-0.4, -0.2) is 11.9 Å². The van der Waals surface area contributed by atoms with Crippen molar-refractivity contribution in [3.8, 4) is 0 Å². The molecule has 0 fully saturated rings. The summed E-state index contributed by atoms with van der Waals surface area (Å²) < 4.78 is 0. The SMILES string of the molecule is CCCCCC(/C=N/c1ccccc1)=N\c1ccccc1.[Ni]. The van der Waals surface area contributed by atoms with Crippen LogP contribution in [0.25, 0.3) is 0 Å². The van der Waals surface area contributed by atoms with Crippen LogP contribution in [0.3, 0.4) is 0 Å². The van der Waals surface area contributed by atoms with Gasteiger partial charge in [-0.25, -0.2) is 0 Å². The molecule has 3 heteroatoms. The van der Waals surface area contributed by atoms with Crippen molar-refractivity contribution in [3.63, 3.8) is 0 Å². The van der Waals surface area contributed by atoms with E-state index in [-0.39, 0.29) is 16.5 Å². The fourth-order valence-electron chi connectivity index (χ4n) is 2.04. The van der Waals surface area contributed by atoms with Gasteiger partial charge in [0.15, 0.2) is 0 Å². The first-order valence-corrected chi connectivity index (χ1v) is 7.60. The van der Waals surface area contributed by atoms with Crippen molar-refractivity contribution >= 4 is 23.3 Å². The fraction of sp³-hybridized carbons (Fsp3) is 0.263. The Hall–Kier alpha value is -1.73. The van der Waals surface area contributed by atoms with Crippen molar-refractivity contribution in [1.82, 2.24) is 0 Å². The predicted octanol–water partition coefficient (Wildman–Crippen LogP) is 5.74. The van der Waals surface area contributed by atoms with E-state index < -0.39 is 0 Å². The molecule has 0 N–H and O–H groups in total. The summed E-state index contributed by atoms with van der Waals surface area (Å²) in [5, 5.41) is 0. The molecule has 0 aliphatic carbocycles. The van der Waals surface area contributed by atoms with Crippen LogP contribution < -0.4 is 0 Å². The molecule has 0 atom stereocenters. The second kappa shape index (κ2) is 10.9. The van der Waals surface area contributed by atoms with Crippen LogP contribution in [0.4, 0.5) is 11.4 Å². The van der Waals surface area contributed by atoms with Crippen LogP contribution in [-0.2, 0) is 16.5 Å². The number of rotatable bonds is 7. The molecule has 2 nitrogen and oxygen atoms in total. The predicted molar refractivity (Wildman–Crippen MR) is 92.3 cm³/mol. The summed E-state index contributed by atoms with van der Waals surface area (Å²) in [6.07, 6.45) is 6.47. The molecule has 0 heterocycles. The number of unbranched alkanes of at least 4 members (excludes halogenated alkanes) is 2. The van der Waals surface area contributed by atoms with Crippen molar-refractivity contribution < 1.29 is 16.5 Å². The Kier molecular flexibility index (Phi) is 9.10. The van der Waals surface area contributed by atoms with E-state index >= 15 is 0 Å². The topological polar surface area (TPSA) is 24.7 Å². The molecule has 2 rings (SSSR count). The molecule has 0 aliphatic rings. The summed E-state index contributed by atoms with van der Waals surface area (Å²) >= 11 is 0. The first kappa shape index (κ1) is 18.3. The average Bonchev–Trinajstić information content (AvgIpc) is 2.54. The average molecular weight is 337 g/mol. The van der Waals surface area contributed by atoms with Crippen LogP contribution in [0.15, 0.2) is 70.6 Å². The molecule has 0 radical (unpaired) electrons. The minimum absolute atomic E-state index is 0. The van der Waals surface area contributed by atoms with Crippen LogP contribution in [0.5, 0.6) is 0 Å². The van der Waals surface area contributed by atoms with Gasteiger partial charge < -0.3 is 0 Å². The molecule has 0 saturated heterocycles. The molecule has 118 valence electrons. The third-order valence-corrected chi connectivity index (χ3v) is 3.18. The maximum absolute atomic E-state index is 4.71. The molecule has 2 aromatic carbocycles. The van der Waals surface area contributed by atoms with Gasteiger partial charge in [-0.1, -0.05) is 56.2 Å². The van der Waals surface area contributed by atoms with E-state index in [2.05, 4.69) is 11.9 Å². The normalized spacial score (nSPS) is 11.4. The maximum Gasteiger partial charge on any atom is 0.0633 e. The number of hydrogen-bond donors (Lipinski definition) is 0. The van der Waals surface area contributed by atoms with E-state index in [0.717, 1.165) is 29.9 Å². The van der Waals surface area contributed by atoms with E-state index in [1.165, 1.54) is 12.8 Å². The van der Waals surface area contributed by atoms with Gasteiger partial charge in [-0.3, -0.25) is 9.98 Å². The molecule has 0 aromatic heterocycles. The Balaban J connectivity index is 0.00000242. The minimum Gasteiger partial charge on any atom is -0.255 e. The van der Waals surface area contributed by atoms with Gasteiger partial charge in [0.25, 0.3) is 0 Å². The van der Waals surface area contributed by atoms with E-state index in [1.54, 1.807) is 0 Å². The molecule has 2 aromatic rings. The number of benzene rings is 2. The summed E-state index contributed by atoms with van der Waals surface area (Å²) in [4.78, 5) is 9.24. The van der Waals surface area contributed by atoms with Crippen LogP contribution in [0.1, 0.15) is 32.6 Å². The first-order valence-electron chi connectivity index (χ1n) is 7.60. The molecule has 0 amide bonds. The van der Waals surface area contributed by atoms with Crippen molar-refractivity contribution in [2.75, 3.05) is 0 Å². The van der Waals surface area contributed by atoms with Crippen molar-refractivity contribution in [3.05, 3.63) is 60.7 Å². The molecule has 0 spiro atoms. The van der Waals surface area contributed by atoms with Crippen LogP contribution in [0, 0.1) is 0 Å². The van der Waals surface area contributed by atoms with Gasteiger partial charge in [0.1, 0.15) is 0 Å². The minimum atomic E-state index is 0. The zero-order valence-electron chi connectivity index (χ0n) is 12.9. The van der Waals surface area contributed by atoms with Gasteiger partial charge >= 0.3 is 0 Å². The van der Waals surface area contributed by atoms with Crippen molar-refractivity contribution in [1.29, 1.82) is 0 Å². The molecule has 0 aliphatic heterocycles. The summed E-state index contributed by atoms with van der Waals surface area (Å²) in [6, 6.07) is 20.1.